The normalized spacial score (nSPS) is 18.8. The lowest BCUT2D eigenvalue weighted by atomic mass is 9.92. The molecule has 3 amide bonds. The van der Waals surface area contributed by atoms with Gasteiger partial charge in [0.15, 0.2) is 0 Å². The molecule has 7 heteroatoms. The number of hydrazone groups is 1. The largest absolute Gasteiger partial charge is 0.346 e. The van der Waals surface area contributed by atoms with Crippen molar-refractivity contribution in [3.8, 4) is 0 Å². The van der Waals surface area contributed by atoms with Crippen LogP contribution in [0.3, 0.4) is 0 Å². The lowest BCUT2D eigenvalue weighted by Gasteiger charge is -2.20. The number of aromatic nitrogens is 2. The van der Waals surface area contributed by atoms with E-state index in [1.807, 2.05) is 48.9 Å². The maximum atomic E-state index is 13.0. The number of hydrogen-bond acceptors (Lipinski definition) is 4. The van der Waals surface area contributed by atoms with Crippen molar-refractivity contribution in [2.24, 2.45) is 5.10 Å². The molecule has 4 rings (SSSR count). The number of urea groups is 1. The fourth-order valence-corrected chi connectivity index (χ4v) is 3.73. The van der Waals surface area contributed by atoms with Gasteiger partial charge in [-0.25, -0.2) is 4.79 Å². The molecule has 2 heterocycles. The number of rotatable bonds is 5. The molecule has 3 aromatic rings. The zero-order valence-electron chi connectivity index (χ0n) is 18.1. The Morgan fingerprint density at radius 2 is 1.71 bits per heavy atom. The van der Waals surface area contributed by atoms with Crippen LogP contribution in [0.4, 0.5) is 4.79 Å². The summed E-state index contributed by atoms with van der Waals surface area (Å²) in [5.41, 5.74) is 4.42. The van der Waals surface area contributed by atoms with Crippen LogP contribution in [0.25, 0.3) is 0 Å². The Kier molecular flexibility index (Phi) is 5.19. The first-order valence-corrected chi connectivity index (χ1v) is 10.2. The van der Waals surface area contributed by atoms with E-state index >= 15 is 0 Å². The molecule has 0 spiro atoms. The van der Waals surface area contributed by atoms with Gasteiger partial charge in [-0.15, -0.1) is 5.01 Å². The summed E-state index contributed by atoms with van der Waals surface area (Å²) in [6.07, 6.45) is 1.54. The summed E-state index contributed by atoms with van der Waals surface area (Å²) in [5.74, 6) is -0.415. The van der Waals surface area contributed by atoms with Gasteiger partial charge in [0.05, 0.1) is 18.5 Å². The van der Waals surface area contributed by atoms with Crippen LogP contribution in [0, 0.1) is 20.8 Å². The van der Waals surface area contributed by atoms with E-state index in [0.29, 0.717) is 12.1 Å². The second-order valence-electron chi connectivity index (χ2n) is 8.01. The number of hydrogen-bond donors (Lipinski definition) is 1. The third-order valence-corrected chi connectivity index (χ3v) is 5.71. The van der Waals surface area contributed by atoms with Crippen molar-refractivity contribution in [2.45, 2.75) is 39.8 Å². The number of nitrogens with zero attached hydrogens (tertiary/aromatic N) is 4. The topological polar surface area (TPSA) is 79.6 Å². The molecule has 0 unspecified atom stereocenters. The highest BCUT2D eigenvalue weighted by Crippen LogP contribution is 2.28. The first kappa shape index (κ1) is 20.5. The number of nitrogens with one attached hydrogen (secondary N) is 1. The van der Waals surface area contributed by atoms with Crippen LogP contribution < -0.4 is 5.32 Å². The molecule has 1 aromatic heterocycles. The van der Waals surface area contributed by atoms with Crippen molar-refractivity contribution in [3.63, 3.8) is 0 Å². The number of carbonyl (C=O) groups is 2. The standard InChI is InChI=1S/C24H25N5O2/c1-16-10-12-19(13-11-16)15-28-18(3)21(17(2)27-28)14-25-29-22(30)24(4,26-23(29)31)20-8-6-5-7-9-20/h5-14H,15H2,1-4H3,(H,26,31)/t24-/m1/s1. The van der Waals surface area contributed by atoms with Gasteiger partial charge in [-0.2, -0.15) is 10.2 Å². The zero-order valence-corrected chi connectivity index (χ0v) is 18.1. The summed E-state index contributed by atoms with van der Waals surface area (Å²) < 4.78 is 1.90. The van der Waals surface area contributed by atoms with Gasteiger partial charge in [0.25, 0.3) is 5.91 Å². The van der Waals surface area contributed by atoms with Crippen molar-refractivity contribution in [3.05, 3.63) is 88.2 Å². The summed E-state index contributed by atoms with van der Waals surface area (Å²) in [6.45, 7) is 8.22. The molecule has 1 fully saturated rings. The quantitative estimate of drug-likeness (QED) is 0.510. The molecule has 1 aliphatic heterocycles. The molecule has 1 N–H and O–H groups in total. The molecule has 7 nitrogen and oxygen atoms in total. The van der Waals surface area contributed by atoms with Crippen molar-refractivity contribution in [1.29, 1.82) is 0 Å². The molecule has 0 aliphatic carbocycles. The SMILES string of the molecule is Cc1ccc(Cn2nc(C)c(C=NN3C(=O)N[C@](C)(c4ccccc4)C3=O)c2C)cc1. The minimum absolute atomic E-state index is 0.415. The van der Waals surface area contributed by atoms with E-state index in [4.69, 9.17) is 0 Å². The lowest BCUT2D eigenvalue weighted by Crippen LogP contribution is -2.40. The average molecular weight is 415 g/mol. The highest BCUT2D eigenvalue weighted by molar-refractivity contribution is 6.07. The van der Waals surface area contributed by atoms with Crippen molar-refractivity contribution in [2.75, 3.05) is 0 Å². The summed E-state index contributed by atoms with van der Waals surface area (Å²) in [4.78, 5) is 25.5. The van der Waals surface area contributed by atoms with Gasteiger partial charge in [0.1, 0.15) is 5.54 Å². The zero-order chi connectivity index (χ0) is 22.2. The second kappa shape index (κ2) is 7.83. The molecule has 0 saturated carbocycles. The van der Waals surface area contributed by atoms with Gasteiger partial charge in [-0.3, -0.25) is 9.48 Å². The van der Waals surface area contributed by atoms with Gasteiger partial charge >= 0.3 is 6.03 Å². The summed E-state index contributed by atoms with van der Waals surface area (Å²) in [5, 5.41) is 12.5. The molecule has 1 aliphatic rings. The Morgan fingerprint density at radius 3 is 2.39 bits per heavy atom. The number of amides is 3. The van der Waals surface area contributed by atoms with E-state index in [1.165, 1.54) is 11.8 Å². The lowest BCUT2D eigenvalue weighted by molar-refractivity contribution is -0.131. The Bertz CT molecular complexity index is 1160. The third kappa shape index (κ3) is 3.74. The fraction of sp³-hybridized carbons (Fsp3) is 0.250. The van der Waals surface area contributed by atoms with Gasteiger partial charge in [0.2, 0.25) is 0 Å². The van der Waals surface area contributed by atoms with Crippen molar-refractivity contribution in [1.82, 2.24) is 20.1 Å². The maximum absolute atomic E-state index is 13.0. The van der Waals surface area contributed by atoms with Crippen LogP contribution in [-0.4, -0.2) is 32.9 Å². The summed E-state index contributed by atoms with van der Waals surface area (Å²) in [7, 11) is 0. The number of aryl methyl sites for hydroxylation is 2. The molecule has 31 heavy (non-hydrogen) atoms. The van der Waals surface area contributed by atoms with Gasteiger partial charge < -0.3 is 5.32 Å². The molecule has 1 saturated heterocycles. The molecule has 158 valence electrons. The molecule has 2 aromatic carbocycles. The predicted molar refractivity (Wildman–Crippen MR) is 119 cm³/mol. The van der Waals surface area contributed by atoms with Gasteiger partial charge in [-0.1, -0.05) is 60.2 Å². The highest BCUT2D eigenvalue weighted by atomic mass is 16.2. The van der Waals surface area contributed by atoms with E-state index in [0.717, 1.165) is 27.5 Å². The summed E-state index contributed by atoms with van der Waals surface area (Å²) in [6, 6.07) is 16.9. The molecular weight excluding hydrogens is 390 g/mol. The third-order valence-electron chi connectivity index (χ3n) is 5.71. The smallest absolute Gasteiger partial charge is 0.318 e. The average Bonchev–Trinajstić information content (AvgIpc) is 3.15. The predicted octanol–water partition coefficient (Wildman–Crippen LogP) is 3.66. The Hall–Kier alpha value is -3.74. The van der Waals surface area contributed by atoms with E-state index in [-0.39, 0.29) is 0 Å². The first-order valence-electron chi connectivity index (χ1n) is 10.2. The second-order valence-corrected chi connectivity index (χ2v) is 8.01. The minimum Gasteiger partial charge on any atom is -0.318 e. The number of carbonyl (C=O) groups excluding carboxylic acids is 2. The van der Waals surface area contributed by atoms with Crippen LogP contribution in [0.15, 0.2) is 59.7 Å². The molecule has 0 radical (unpaired) electrons. The van der Waals surface area contributed by atoms with Crippen LogP contribution >= 0.6 is 0 Å². The monoisotopic (exact) mass is 415 g/mol. The van der Waals surface area contributed by atoms with E-state index in [9.17, 15) is 9.59 Å². The van der Waals surface area contributed by atoms with Crippen molar-refractivity contribution >= 4 is 18.2 Å². The number of imide groups is 1. The van der Waals surface area contributed by atoms with Crippen LogP contribution in [-0.2, 0) is 16.9 Å². The fourth-order valence-electron chi connectivity index (χ4n) is 3.73. The number of benzene rings is 2. The van der Waals surface area contributed by atoms with Crippen LogP contribution in [0.1, 0.15) is 40.6 Å². The summed E-state index contributed by atoms with van der Waals surface area (Å²) >= 11 is 0. The first-order chi connectivity index (χ1) is 14.8. The maximum Gasteiger partial charge on any atom is 0.346 e. The Morgan fingerprint density at radius 1 is 1.03 bits per heavy atom. The molecule has 1 atom stereocenters. The minimum atomic E-state index is -1.14. The molecule has 0 bridgehead atoms. The van der Waals surface area contributed by atoms with E-state index < -0.39 is 17.5 Å². The van der Waals surface area contributed by atoms with Gasteiger partial charge in [-0.05, 0) is 38.8 Å². The van der Waals surface area contributed by atoms with Crippen molar-refractivity contribution < 1.29 is 9.59 Å². The van der Waals surface area contributed by atoms with Crippen LogP contribution in [0.5, 0.6) is 0 Å². The van der Waals surface area contributed by atoms with E-state index in [2.05, 4.69) is 46.7 Å². The highest BCUT2D eigenvalue weighted by Gasteiger charge is 2.49. The van der Waals surface area contributed by atoms with Crippen LogP contribution in [0.2, 0.25) is 0 Å². The Labute approximate surface area is 181 Å². The van der Waals surface area contributed by atoms with Gasteiger partial charge in [0, 0.05) is 11.3 Å². The Balaban J connectivity index is 1.57. The molecular formula is C24H25N5O2. The van der Waals surface area contributed by atoms with E-state index in [1.54, 1.807) is 6.92 Å².